The van der Waals surface area contributed by atoms with E-state index in [9.17, 15) is 4.79 Å². The molecule has 0 spiro atoms. The fourth-order valence-corrected chi connectivity index (χ4v) is 1.43. The van der Waals surface area contributed by atoms with E-state index in [2.05, 4.69) is 18.5 Å². The van der Waals surface area contributed by atoms with Gasteiger partial charge in [-0.25, -0.2) is 4.79 Å². The van der Waals surface area contributed by atoms with Crippen LogP contribution < -0.4 is 11.1 Å². The third-order valence-electron chi connectivity index (χ3n) is 2.41. The zero-order valence-electron chi connectivity index (χ0n) is 12.9. The maximum Gasteiger partial charge on any atom is 0.407 e. The number of nitrogens with two attached hydrogens (primary N) is 1. The van der Waals surface area contributed by atoms with E-state index in [0.717, 1.165) is 19.3 Å². The molecule has 0 rings (SSSR count). The molecule has 0 aliphatic carbocycles. The summed E-state index contributed by atoms with van der Waals surface area (Å²) < 4.78 is 10.4. The van der Waals surface area contributed by atoms with Gasteiger partial charge >= 0.3 is 6.09 Å². The van der Waals surface area contributed by atoms with Crippen LogP contribution in [0.2, 0.25) is 0 Å². The average Bonchev–Trinajstić information content (AvgIpc) is 2.32. The second-order valence-corrected chi connectivity index (χ2v) is 5.60. The first-order chi connectivity index (χ1) is 9.26. The predicted octanol–water partition coefficient (Wildman–Crippen LogP) is 2.73. The van der Waals surface area contributed by atoms with E-state index in [1.807, 2.05) is 20.8 Å². The number of hydrogen-bond acceptors (Lipinski definition) is 4. The van der Waals surface area contributed by atoms with Crippen molar-refractivity contribution in [3.63, 3.8) is 0 Å². The van der Waals surface area contributed by atoms with Gasteiger partial charge in [0.1, 0.15) is 18.0 Å². The largest absolute Gasteiger partial charge is 0.493 e. The number of alkyl carbamates (subject to hydrolysis) is 1. The highest BCUT2D eigenvalue weighted by molar-refractivity contribution is 5.67. The summed E-state index contributed by atoms with van der Waals surface area (Å²) in [4.78, 5) is 11.4. The Kier molecular flexibility index (Phi) is 8.72. The lowest BCUT2D eigenvalue weighted by atomic mass is 10.1. The molecule has 1 amide bonds. The van der Waals surface area contributed by atoms with Gasteiger partial charge in [-0.3, -0.25) is 0 Å². The van der Waals surface area contributed by atoms with Gasteiger partial charge in [-0.15, -0.1) is 0 Å². The molecule has 116 valence electrons. The summed E-state index contributed by atoms with van der Waals surface area (Å²) in [6, 6.07) is -0.184. The second kappa shape index (κ2) is 9.42. The maximum atomic E-state index is 11.4. The Morgan fingerprint density at radius 2 is 2.05 bits per heavy atom. The highest BCUT2D eigenvalue weighted by atomic mass is 16.6. The molecule has 5 nitrogen and oxygen atoms in total. The SMILES string of the molecule is C=CCOC(=C)C(N)CCCCNC(=O)OC(C)(C)C. The molecular formula is C15H28N2O3. The van der Waals surface area contributed by atoms with Crippen molar-refractivity contribution in [2.45, 2.75) is 51.7 Å². The van der Waals surface area contributed by atoms with Gasteiger partial charge in [-0.05, 0) is 40.0 Å². The topological polar surface area (TPSA) is 73.6 Å². The van der Waals surface area contributed by atoms with Crippen LogP contribution in [0.1, 0.15) is 40.0 Å². The van der Waals surface area contributed by atoms with Gasteiger partial charge in [0, 0.05) is 6.54 Å². The molecule has 0 fully saturated rings. The molecule has 0 saturated heterocycles. The number of nitrogens with one attached hydrogen (secondary N) is 1. The lowest BCUT2D eigenvalue weighted by Gasteiger charge is -2.19. The van der Waals surface area contributed by atoms with E-state index < -0.39 is 5.60 Å². The van der Waals surface area contributed by atoms with Crippen LogP contribution >= 0.6 is 0 Å². The van der Waals surface area contributed by atoms with Crippen molar-refractivity contribution >= 4 is 6.09 Å². The fraction of sp³-hybridized carbons (Fsp3) is 0.667. The second-order valence-electron chi connectivity index (χ2n) is 5.60. The van der Waals surface area contributed by atoms with Gasteiger partial charge in [0.2, 0.25) is 0 Å². The molecule has 0 aliphatic heterocycles. The smallest absolute Gasteiger partial charge is 0.407 e. The first-order valence-electron chi connectivity index (χ1n) is 6.91. The number of rotatable bonds is 9. The molecule has 5 heteroatoms. The molecule has 0 saturated carbocycles. The van der Waals surface area contributed by atoms with Crippen molar-refractivity contribution in [3.8, 4) is 0 Å². The number of unbranched alkanes of at least 4 members (excludes halogenated alkanes) is 1. The van der Waals surface area contributed by atoms with Crippen molar-refractivity contribution in [1.29, 1.82) is 0 Å². The van der Waals surface area contributed by atoms with Crippen LogP contribution in [0.3, 0.4) is 0 Å². The van der Waals surface area contributed by atoms with Gasteiger partial charge in [0.25, 0.3) is 0 Å². The molecular weight excluding hydrogens is 256 g/mol. The summed E-state index contributed by atoms with van der Waals surface area (Å²) in [5.74, 6) is 0.574. The molecule has 0 bridgehead atoms. The minimum Gasteiger partial charge on any atom is -0.493 e. The number of carbonyl (C=O) groups excluding carboxylic acids is 1. The van der Waals surface area contributed by atoms with Crippen LogP contribution in [-0.4, -0.2) is 30.9 Å². The highest BCUT2D eigenvalue weighted by Gasteiger charge is 2.15. The van der Waals surface area contributed by atoms with Crippen LogP contribution in [0.4, 0.5) is 4.79 Å². The third-order valence-corrected chi connectivity index (χ3v) is 2.41. The lowest BCUT2D eigenvalue weighted by molar-refractivity contribution is 0.0527. The molecule has 0 aliphatic rings. The standard InChI is InChI=1S/C15H28N2O3/c1-6-11-19-12(2)13(16)9-7-8-10-17-14(18)20-15(3,4)5/h6,13H,1-2,7-11,16H2,3-5H3,(H,17,18). The van der Waals surface area contributed by atoms with Crippen molar-refractivity contribution < 1.29 is 14.3 Å². The Morgan fingerprint density at radius 1 is 1.40 bits per heavy atom. The highest BCUT2D eigenvalue weighted by Crippen LogP contribution is 2.08. The quantitative estimate of drug-likeness (QED) is 0.388. The van der Waals surface area contributed by atoms with Gasteiger partial charge in [-0.2, -0.15) is 0 Å². The van der Waals surface area contributed by atoms with Gasteiger partial charge in [-0.1, -0.05) is 19.2 Å². The molecule has 0 heterocycles. The van der Waals surface area contributed by atoms with E-state index in [4.69, 9.17) is 15.2 Å². The minimum absolute atomic E-state index is 0.184. The first-order valence-corrected chi connectivity index (χ1v) is 6.91. The molecule has 20 heavy (non-hydrogen) atoms. The molecule has 0 aromatic heterocycles. The van der Waals surface area contributed by atoms with Crippen LogP contribution in [-0.2, 0) is 9.47 Å². The van der Waals surface area contributed by atoms with E-state index in [0.29, 0.717) is 18.9 Å². The van der Waals surface area contributed by atoms with E-state index in [-0.39, 0.29) is 12.1 Å². The monoisotopic (exact) mass is 284 g/mol. The molecule has 3 N–H and O–H groups in total. The summed E-state index contributed by atoms with van der Waals surface area (Å²) in [7, 11) is 0. The van der Waals surface area contributed by atoms with Gasteiger partial charge in [0.15, 0.2) is 0 Å². The number of ether oxygens (including phenoxy) is 2. The van der Waals surface area contributed by atoms with E-state index in [1.165, 1.54) is 0 Å². The molecule has 0 aromatic carbocycles. The van der Waals surface area contributed by atoms with Gasteiger partial charge in [0.05, 0.1) is 6.04 Å². The zero-order chi connectivity index (χ0) is 15.6. The fourth-order valence-electron chi connectivity index (χ4n) is 1.43. The maximum absolute atomic E-state index is 11.4. The molecule has 1 unspecified atom stereocenters. The summed E-state index contributed by atoms with van der Waals surface area (Å²) in [6.45, 7) is 13.8. The third kappa shape index (κ3) is 10.4. The number of amides is 1. The number of carbonyl (C=O) groups is 1. The normalized spacial score (nSPS) is 12.4. The van der Waals surface area contributed by atoms with Crippen molar-refractivity contribution in [3.05, 3.63) is 25.0 Å². The zero-order valence-corrected chi connectivity index (χ0v) is 12.9. The number of hydrogen-bond donors (Lipinski definition) is 2. The van der Waals surface area contributed by atoms with Crippen LogP contribution in [0, 0.1) is 0 Å². The molecule has 0 aromatic rings. The Balaban J connectivity index is 3.64. The van der Waals surface area contributed by atoms with Crippen molar-refractivity contribution in [2.75, 3.05) is 13.2 Å². The Bertz CT molecular complexity index is 322. The first kappa shape index (κ1) is 18.5. The summed E-state index contributed by atoms with van der Waals surface area (Å²) in [6.07, 6.45) is 3.75. The Hall–Kier alpha value is -1.49. The van der Waals surface area contributed by atoms with Gasteiger partial charge < -0.3 is 20.5 Å². The van der Waals surface area contributed by atoms with E-state index in [1.54, 1.807) is 6.08 Å². The summed E-state index contributed by atoms with van der Waals surface area (Å²) in [5.41, 5.74) is 5.45. The molecule has 0 radical (unpaired) electrons. The predicted molar refractivity (Wildman–Crippen MR) is 81.4 cm³/mol. The van der Waals surface area contributed by atoms with Crippen LogP contribution in [0.25, 0.3) is 0 Å². The lowest BCUT2D eigenvalue weighted by Crippen LogP contribution is -2.33. The van der Waals surface area contributed by atoms with Crippen molar-refractivity contribution in [2.24, 2.45) is 5.73 Å². The summed E-state index contributed by atoms with van der Waals surface area (Å²) >= 11 is 0. The molecule has 1 atom stereocenters. The van der Waals surface area contributed by atoms with Crippen LogP contribution in [0.5, 0.6) is 0 Å². The van der Waals surface area contributed by atoms with Crippen LogP contribution in [0.15, 0.2) is 25.0 Å². The Labute approximate surface area is 122 Å². The average molecular weight is 284 g/mol. The summed E-state index contributed by atoms with van der Waals surface area (Å²) in [5, 5.41) is 2.71. The Morgan fingerprint density at radius 3 is 2.60 bits per heavy atom. The van der Waals surface area contributed by atoms with E-state index >= 15 is 0 Å². The van der Waals surface area contributed by atoms with Crippen molar-refractivity contribution in [1.82, 2.24) is 5.32 Å². The minimum atomic E-state index is -0.466.